The van der Waals surface area contributed by atoms with Crippen molar-refractivity contribution in [2.75, 3.05) is 26.2 Å². The molecule has 1 aromatic heterocycles. The van der Waals surface area contributed by atoms with Gasteiger partial charge in [0.1, 0.15) is 4.90 Å². The topological polar surface area (TPSA) is 84.0 Å². The van der Waals surface area contributed by atoms with Gasteiger partial charge in [0.05, 0.1) is 10.6 Å². The first-order valence-corrected chi connectivity index (χ1v) is 13.4. The van der Waals surface area contributed by atoms with E-state index in [1.165, 1.54) is 27.4 Å². The van der Waals surface area contributed by atoms with E-state index < -0.39 is 22.6 Å². The molecule has 4 rings (SSSR count). The summed E-state index contributed by atoms with van der Waals surface area (Å²) in [5, 5.41) is 2.07. The van der Waals surface area contributed by atoms with Gasteiger partial charge in [-0.15, -0.1) is 11.3 Å². The number of hydrogen-bond donors (Lipinski definition) is 0. The van der Waals surface area contributed by atoms with E-state index >= 15 is 0 Å². The summed E-state index contributed by atoms with van der Waals surface area (Å²) in [5.74, 6) is -1.03. The van der Waals surface area contributed by atoms with Gasteiger partial charge in [0.25, 0.3) is 5.91 Å². The number of nitrogens with zero attached hydrogens (tertiary/aromatic N) is 2. The van der Waals surface area contributed by atoms with Crippen LogP contribution in [0.2, 0.25) is 5.02 Å². The lowest BCUT2D eigenvalue weighted by atomic mass is 10.1. The monoisotopic (exact) mass is 496 g/mol. The lowest BCUT2D eigenvalue weighted by Crippen LogP contribution is -2.38. The van der Waals surface area contributed by atoms with Gasteiger partial charge in [0, 0.05) is 31.1 Å². The maximum atomic E-state index is 13.1. The molecule has 2 aliphatic rings. The summed E-state index contributed by atoms with van der Waals surface area (Å²) in [6, 6.07) is 6.04. The highest BCUT2D eigenvalue weighted by molar-refractivity contribution is 7.89. The van der Waals surface area contributed by atoms with Crippen molar-refractivity contribution in [3.8, 4) is 0 Å². The van der Waals surface area contributed by atoms with Gasteiger partial charge in [-0.1, -0.05) is 24.4 Å². The highest BCUT2D eigenvalue weighted by atomic mass is 35.5. The average molecular weight is 497 g/mol. The number of thiophene rings is 1. The number of carbonyl (C=O) groups is 2. The summed E-state index contributed by atoms with van der Waals surface area (Å²) < 4.78 is 32.9. The summed E-state index contributed by atoms with van der Waals surface area (Å²) in [7, 11) is -3.82. The Labute approximate surface area is 197 Å². The van der Waals surface area contributed by atoms with Crippen LogP contribution in [0, 0.1) is 0 Å². The van der Waals surface area contributed by atoms with Crippen molar-refractivity contribution in [3.05, 3.63) is 50.7 Å². The molecule has 0 aliphatic carbocycles. The molecule has 7 nitrogen and oxygen atoms in total. The zero-order chi connectivity index (χ0) is 22.7. The van der Waals surface area contributed by atoms with E-state index in [1.807, 2.05) is 11.4 Å². The molecule has 3 heterocycles. The van der Waals surface area contributed by atoms with Crippen LogP contribution in [0.15, 0.2) is 34.5 Å². The Morgan fingerprint density at radius 2 is 1.81 bits per heavy atom. The van der Waals surface area contributed by atoms with Gasteiger partial charge < -0.3 is 9.64 Å². The summed E-state index contributed by atoms with van der Waals surface area (Å²) in [6.45, 7) is 1.57. The molecule has 0 spiro atoms. The van der Waals surface area contributed by atoms with Gasteiger partial charge in [0.2, 0.25) is 10.0 Å². The minimum Gasteiger partial charge on any atom is -0.452 e. The number of ether oxygens (including phenoxy) is 1. The van der Waals surface area contributed by atoms with Crippen LogP contribution < -0.4 is 0 Å². The Morgan fingerprint density at radius 1 is 1.06 bits per heavy atom. The van der Waals surface area contributed by atoms with E-state index in [0.29, 0.717) is 26.2 Å². The molecule has 10 heteroatoms. The number of esters is 1. The third-order valence-corrected chi connectivity index (χ3v) is 9.24. The third kappa shape index (κ3) is 5.01. The second kappa shape index (κ2) is 9.91. The van der Waals surface area contributed by atoms with Crippen LogP contribution in [-0.4, -0.2) is 55.7 Å². The molecule has 172 valence electrons. The first-order valence-electron chi connectivity index (χ1n) is 10.7. The van der Waals surface area contributed by atoms with E-state index in [0.717, 1.165) is 37.7 Å². The Bertz CT molecular complexity index is 1110. The predicted molar refractivity (Wildman–Crippen MR) is 122 cm³/mol. The van der Waals surface area contributed by atoms with E-state index in [-0.39, 0.29) is 21.4 Å². The highest BCUT2D eigenvalue weighted by Crippen LogP contribution is 2.28. The minimum atomic E-state index is -3.82. The van der Waals surface area contributed by atoms with E-state index in [4.69, 9.17) is 16.3 Å². The lowest BCUT2D eigenvalue weighted by Gasteiger charge is -2.26. The van der Waals surface area contributed by atoms with Crippen LogP contribution in [0.25, 0.3) is 0 Å². The van der Waals surface area contributed by atoms with E-state index in [1.54, 1.807) is 16.2 Å². The van der Waals surface area contributed by atoms with Crippen molar-refractivity contribution in [3.63, 3.8) is 0 Å². The lowest BCUT2D eigenvalue weighted by molar-refractivity contribution is -0.135. The van der Waals surface area contributed by atoms with Crippen molar-refractivity contribution >= 4 is 44.8 Å². The molecule has 0 unspecified atom stereocenters. The van der Waals surface area contributed by atoms with E-state index in [9.17, 15) is 18.0 Å². The van der Waals surface area contributed by atoms with Crippen LogP contribution in [-0.2, 0) is 32.5 Å². The smallest absolute Gasteiger partial charge is 0.338 e. The predicted octanol–water partition coefficient (Wildman–Crippen LogP) is 3.71. The van der Waals surface area contributed by atoms with Crippen molar-refractivity contribution < 1.29 is 22.7 Å². The molecule has 0 radical (unpaired) electrons. The van der Waals surface area contributed by atoms with Gasteiger partial charge in [-0.05, 0) is 54.5 Å². The molecular weight excluding hydrogens is 472 g/mol. The Hall–Kier alpha value is -1.94. The number of carbonyl (C=O) groups excluding carboxylic acids is 2. The molecule has 2 aromatic rings. The number of amides is 1. The highest BCUT2D eigenvalue weighted by Gasteiger charge is 2.29. The molecule has 0 N–H and O–H groups in total. The van der Waals surface area contributed by atoms with Crippen molar-refractivity contribution in [2.45, 2.75) is 43.5 Å². The first-order chi connectivity index (χ1) is 15.4. The Balaban J connectivity index is 1.42. The van der Waals surface area contributed by atoms with Crippen LogP contribution in [0.4, 0.5) is 0 Å². The molecule has 1 fully saturated rings. The molecule has 1 aromatic carbocycles. The van der Waals surface area contributed by atoms with Crippen molar-refractivity contribution in [1.29, 1.82) is 0 Å². The Kier molecular flexibility index (Phi) is 7.19. The SMILES string of the molecule is O=C(OCC(=O)N1CCc2sccc2C1)c1ccc(Cl)c(S(=O)(=O)N2CCCCCC2)c1. The molecule has 1 amide bonds. The number of rotatable bonds is 5. The second-order valence-corrected chi connectivity index (χ2v) is 11.3. The van der Waals surface area contributed by atoms with Crippen molar-refractivity contribution in [1.82, 2.24) is 9.21 Å². The summed E-state index contributed by atoms with van der Waals surface area (Å²) in [6.07, 6.45) is 4.37. The maximum Gasteiger partial charge on any atom is 0.338 e. The fourth-order valence-corrected chi connectivity index (χ4v) is 6.92. The van der Waals surface area contributed by atoms with Gasteiger partial charge in [-0.25, -0.2) is 13.2 Å². The van der Waals surface area contributed by atoms with Gasteiger partial charge >= 0.3 is 5.97 Å². The van der Waals surface area contributed by atoms with E-state index in [2.05, 4.69) is 0 Å². The Morgan fingerprint density at radius 3 is 2.56 bits per heavy atom. The molecule has 32 heavy (non-hydrogen) atoms. The molecule has 0 bridgehead atoms. The molecule has 0 atom stereocenters. The number of halogens is 1. The molecule has 1 saturated heterocycles. The minimum absolute atomic E-state index is 0.0503. The largest absolute Gasteiger partial charge is 0.452 e. The number of sulfonamides is 1. The zero-order valence-electron chi connectivity index (χ0n) is 17.6. The summed E-state index contributed by atoms with van der Waals surface area (Å²) in [4.78, 5) is 27.9. The number of fused-ring (bicyclic) bond motifs is 1. The summed E-state index contributed by atoms with van der Waals surface area (Å²) >= 11 is 7.87. The molecular formula is C22H25ClN2O5S2. The maximum absolute atomic E-state index is 13.1. The van der Waals surface area contributed by atoms with Crippen LogP contribution in [0.3, 0.4) is 0 Å². The van der Waals surface area contributed by atoms with Crippen LogP contribution in [0.1, 0.15) is 46.5 Å². The number of benzene rings is 1. The molecule has 0 saturated carbocycles. The quantitative estimate of drug-likeness (QED) is 0.589. The fraction of sp³-hybridized carbons (Fsp3) is 0.455. The van der Waals surface area contributed by atoms with Gasteiger partial charge in [0.15, 0.2) is 6.61 Å². The van der Waals surface area contributed by atoms with Crippen LogP contribution >= 0.6 is 22.9 Å². The van der Waals surface area contributed by atoms with Crippen LogP contribution in [0.5, 0.6) is 0 Å². The van der Waals surface area contributed by atoms with Gasteiger partial charge in [-0.3, -0.25) is 4.79 Å². The van der Waals surface area contributed by atoms with Crippen molar-refractivity contribution in [2.24, 2.45) is 0 Å². The molecule has 2 aliphatic heterocycles. The summed E-state index contributed by atoms with van der Waals surface area (Å²) in [5.41, 5.74) is 1.18. The zero-order valence-corrected chi connectivity index (χ0v) is 20.0. The average Bonchev–Trinajstić information content (AvgIpc) is 3.08. The third-order valence-electron chi connectivity index (χ3n) is 5.84. The standard InChI is InChI=1S/C22H25ClN2O5S2/c23-18-6-5-16(13-20(18)32(28,29)25-9-3-1-2-4-10-25)22(27)30-15-21(26)24-11-7-19-17(14-24)8-12-31-19/h5-6,8,12-13H,1-4,7,9-11,14-15H2. The first kappa shape index (κ1) is 23.2. The fourth-order valence-electron chi connectivity index (χ4n) is 4.01. The normalized spacial score (nSPS) is 17.5. The number of hydrogen-bond acceptors (Lipinski definition) is 6. The van der Waals surface area contributed by atoms with Gasteiger partial charge in [-0.2, -0.15) is 4.31 Å². The second-order valence-electron chi connectivity index (χ2n) is 7.97.